The fraction of sp³-hybridized carbons (Fsp3) is 0.444. The first-order chi connectivity index (χ1) is 13.5. The molecule has 2 heterocycles. The van der Waals surface area contributed by atoms with Crippen molar-refractivity contribution in [3.05, 3.63) is 47.5 Å². The monoisotopic (exact) mass is 397 g/mol. The van der Waals surface area contributed by atoms with Crippen LogP contribution in [0, 0.1) is 5.82 Å². The molecule has 1 saturated heterocycles. The molecule has 0 amide bonds. The molecule has 0 radical (unpaired) electrons. The van der Waals surface area contributed by atoms with Crippen LogP contribution in [0.2, 0.25) is 0 Å². The number of aryl methyl sites for hydroxylation is 1. The summed E-state index contributed by atoms with van der Waals surface area (Å²) in [6.45, 7) is -1.47. The molecule has 28 heavy (non-hydrogen) atoms. The summed E-state index contributed by atoms with van der Waals surface area (Å²) < 4.78 is 51.2. The lowest BCUT2D eigenvalue weighted by molar-refractivity contribution is -0.0506. The number of nitrogens with one attached hydrogen (secondary N) is 1. The van der Waals surface area contributed by atoms with E-state index in [0.29, 0.717) is 25.7 Å². The molecule has 1 fully saturated rings. The molecule has 0 bridgehead atoms. The molecule has 0 aliphatic carbocycles. The molecular weight excluding hydrogens is 375 g/mol. The molecule has 7 nitrogen and oxygen atoms in total. The van der Waals surface area contributed by atoms with Crippen LogP contribution in [0.5, 0.6) is 5.75 Å². The summed E-state index contributed by atoms with van der Waals surface area (Å²) in [4.78, 5) is 6.19. The zero-order valence-electron chi connectivity index (χ0n) is 15.6. The average Bonchev–Trinajstić information content (AvgIpc) is 3.10. The van der Waals surface area contributed by atoms with Gasteiger partial charge in [0.25, 0.3) is 0 Å². The van der Waals surface area contributed by atoms with Gasteiger partial charge in [-0.2, -0.15) is 13.9 Å². The smallest absolute Gasteiger partial charge is 0.387 e. The molecule has 10 heteroatoms. The predicted octanol–water partition coefficient (Wildman–Crippen LogP) is 2.31. The van der Waals surface area contributed by atoms with Crippen LogP contribution in [0.3, 0.4) is 0 Å². The fourth-order valence-electron chi connectivity index (χ4n) is 3.07. The van der Waals surface area contributed by atoms with E-state index in [1.165, 1.54) is 18.2 Å². The maximum absolute atomic E-state index is 14.1. The molecule has 0 saturated carbocycles. The van der Waals surface area contributed by atoms with Crippen LogP contribution in [0.1, 0.15) is 17.2 Å². The fourth-order valence-corrected chi connectivity index (χ4v) is 3.07. The quantitative estimate of drug-likeness (QED) is 0.620. The van der Waals surface area contributed by atoms with E-state index < -0.39 is 12.4 Å². The molecule has 3 rings (SSSR count). The summed E-state index contributed by atoms with van der Waals surface area (Å²) >= 11 is 0. The second-order valence-corrected chi connectivity index (χ2v) is 6.25. The van der Waals surface area contributed by atoms with E-state index in [1.54, 1.807) is 17.9 Å². The molecule has 1 aliphatic heterocycles. The molecular formula is C18H22F3N5O2. The minimum atomic E-state index is -3.03. The van der Waals surface area contributed by atoms with E-state index in [-0.39, 0.29) is 24.0 Å². The van der Waals surface area contributed by atoms with Crippen LogP contribution in [-0.4, -0.2) is 54.0 Å². The number of ether oxygens (including phenoxy) is 2. The molecule has 0 spiro atoms. The Bertz CT molecular complexity index is 827. The molecule has 152 valence electrons. The Morgan fingerprint density at radius 2 is 2.29 bits per heavy atom. The lowest BCUT2D eigenvalue weighted by Crippen LogP contribution is -2.48. The van der Waals surface area contributed by atoms with Gasteiger partial charge in [-0.05, 0) is 12.1 Å². The first-order valence-electron chi connectivity index (χ1n) is 8.76. The average molecular weight is 397 g/mol. The zero-order chi connectivity index (χ0) is 20.1. The largest absolute Gasteiger partial charge is 0.434 e. The first-order valence-corrected chi connectivity index (χ1v) is 8.76. The molecule has 1 atom stereocenters. The molecule has 1 aliphatic rings. The second kappa shape index (κ2) is 8.96. The summed E-state index contributed by atoms with van der Waals surface area (Å²) in [6.07, 6.45) is 3.46. The normalized spacial score (nSPS) is 17.9. The number of benzene rings is 1. The van der Waals surface area contributed by atoms with E-state index >= 15 is 0 Å². The Morgan fingerprint density at radius 1 is 1.46 bits per heavy atom. The van der Waals surface area contributed by atoms with Gasteiger partial charge in [-0.3, -0.25) is 9.67 Å². The Hall–Kier alpha value is -2.75. The van der Waals surface area contributed by atoms with Gasteiger partial charge in [-0.25, -0.2) is 4.39 Å². The van der Waals surface area contributed by atoms with Crippen molar-refractivity contribution in [3.63, 3.8) is 0 Å². The predicted molar refractivity (Wildman–Crippen MR) is 96.7 cm³/mol. The summed E-state index contributed by atoms with van der Waals surface area (Å²) in [7, 11) is 3.44. The van der Waals surface area contributed by atoms with Crippen molar-refractivity contribution in [2.75, 3.05) is 26.7 Å². The summed E-state index contributed by atoms with van der Waals surface area (Å²) in [5.41, 5.74) is 0.963. The van der Waals surface area contributed by atoms with Crippen molar-refractivity contribution < 1.29 is 22.6 Å². The highest BCUT2D eigenvalue weighted by molar-refractivity contribution is 5.80. The number of alkyl halides is 2. The van der Waals surface area contributed by atoms with Crippen LogP contribution < -0.4 is 10.1 Å². The van der Waals surface area contributed by atoms with Crippen molar-refractivity contribution in [2.45, 2.75) is 19.3 Å². The van der Waals surface area contributed by atoms with Gasteiger partial charge >= 0.3 is 6.61 Å². The van der Waals surface area contributed by atoms with Gasteiger partial charge < -0.3 is 19.7 Å². The third-order valence-electron chi connectivity index (χ3n) is 4.39. The number of rotatable bonds is 5. The van der Waals surface area contributed by atoms with Gasteiger partial charge in [0, 0.05) is 44.5 Å². The minimum absolute atomic E-state index is 0.0148. The summed E-state index contributed by atoms with van der Waals surface area (Å²) in [5, 5.41) is 7.18. The van der Waals surface area contributed by atoms with Crippen LogP contribution >= 0.6 is 0 Å². The van der Waals surface area contributed by atoms with Crippen LogP contribution in [0.15, 0.2) is 35.6 Å². The van der Waals surface area contributed by atoms with Gasteiger partial charge in [0.05, 0.1) is 19.3 Å². The number of morpholine rings is 1. The van der Waals surface area contributed by atoms with Gasteiger partial charge in [0.15, 0.2) is 5.96 Å². The van der Waals surface area contributed by atoms with E-state index in [1.807, 2.05) is 18.1 Å². The van der Waals surface area contributed by atoms with Crippen LogP contribution in [0.25, 0.3) is 0 Å². The standard InChI is InChI=1S/C18H22F3N5O2/c1-22-18(23-9-13-14(19)4-3-5-15(13)28-17(20)21)26-6-7-27-16(11-26)12-8-24-25(2)10-12/h3-5,8,10,16-17H,6-7,9,11H2,1-2H3,(H,22,23). The van der Waals surface area contributed by atoms with Gasteiger partial charge in [-0.15, -0.1) is 0 Å². The summed E-state index contributed by atoms with van der Waals surface area (Å²) in [5.74, 6) is -0.312. The van der Waals surface area contributed by atoms with E-state index in [4.69, 9.17) is 4.74 Å². The number of halogens is 3. The Labute approximate surface area is 160 Å². The number of hydrogen-bond donors (Lipinski definition) is 1. The lowest BCUT2D eigenvalue weighted by atomic mass is 10.1. The molecule has 1 N–H and O–H groups in total. The molecule has 1 aromatic heterocycles. The van der Waals surface area contributed by atoms with Crippen LogP contribution in [0.4, 0.5) is 13.2 Å². The number of nitrogens with zero attached hydrogens (tertiary/aromatic N) is 4. The van der Waals surface area contributed by atoms with Crippen molar-refractivity contribution >= 4 is 5.96 Å². The maximum Gasteiger partial charge on any atom is 0.387 e. The van der Waals surface area contributed by atoms with Gasteiger partial charge in [0.2, 0.25) is 0 Å². The number of aromatic nitrogens is 2. The lowest BCUT2D eigenvalue weighted by Gasteiger charge is -2.34. The van der Waals surface area contributed by atoms with E-state index in [2.05, 4.69) is 20.1 Å². The van der Waals surface area contributed by atoms with Crippen molar-refractivity contribution in [2.24, 2.45) is 12.0 Å². The molecule has 2 aromatic rings. The van der Waals surface area contributed by atoms with Crippen molar-refractivity contribution in [1.82, 2.24) is 20.0 Å². The van der Waals surface area contributed by atoms with Gasteiger partial charge in [-0.1, -0.05) is 6.07 Å². The van der Waals surface area contributed by atoms with Gasteiger partial charge in [0.1, 0.15) is 17.7 Å². The van der Waals surface area contributed by atoms with E-state index in [0.717, 1.165) is 5.56 Å². The number of aliphatic imine (C=N–C) groups is 1. The minimum Gasteiger partial charge on any atom is -0.434 e. The van der Waals surface area contributed by atoms with Crippen molar-refractivity contribution in [3.8, 4) is 5.75 Å². The zero-order valence-corrected chi connectivity index (χ0v) is 15.6. The first kappa shape index (κ1) is 20.0. The second-order valence-electron chi connectivity index (χ2n) is 6.25. The van der Waals surface area contributed by atoms with Crippen molar-refractivity contribution in [1.29, 1.82) is 0 Å². The topological polar surface area (TPSA) is 63.9 Å². The molecule has 1 aromatic carbocycles. The number of guanidine groups is 1. The third-order valence-corrected chi connectivity index (χ3v) is 4.39. The Morgan fingerprint density at radius 3 is 2.96 bits per heavy atom. The Balaban J connectivity index is 1.68. The van der Waals surface area contributed by atoms with E-state index in [9.17, 15) is 13.2 Å². The van der Waals surface area contributed by atoms with Crippen LogP contribution in [-0.2, 0) is 18.3 Å². The highest BCUT2D eigenvalue weighted by Crippen LogP contribution is 2.24. The highest BCUT2D eigenvalue weighted by atomic mass is 19.3. The number of hydrogen-bond acceptors (Lipinski definition) is 4. The SMILES string of the molecule is CN=C(NCc1c(F)cccc1OC(F)F)N1CCOC(c2cnn(C)c2)C1. The third kappa shape index (κ3) is 4.75. The molecule has 1 unspecified atom stereocenters. The highest BCUT2D eigenvalue weighted by Gasteiger charge is 2.25. The maximum atomic E-state index is 14.1. The Kier molecular flexibility index (Phi) is 6.40. The summed E-state index contributed by atoms with van der Waals surface area (Å²) in [6, 6.07) is 3.83.